The standard InChI is InChI=1S/C5H12N2O4S/c1-2-11-5(8)3-4-7-12(6,9)10/h7H,2-4H2,1H3,(H2,6,9,10). The molecule has 0 aliphatic rings. The first-order valence-corrected chi connectivity index (χ1v) is 4.93. The summed E-state index contributed by atoms with van der Waals surface area (Å²) in [6.45, 7) is 1.93. The van der Waals surface area contributed by atoms with Crippen LogP contribution in [0.4, 0.5) is 0 Å². The van der Waals surface area contributed by atoms with E-state index in [4.69, 9.17) is 0 Å². The lowest BCUT2D eigenvalue weighted by molar-refractivity contribution is -0.142. The van der Waals surface area contributed by atoms with E-state index >= 15 is 0 Å². The van der Waals surface area contributed by atoms with Crippen LogP contribution in [-0.4, -0.2) is 27.5 Å². The van der Waals surface area contributed by atoms with Crippen molar-refractivity contribution in [1.82, 2.24) is 4.72 Å². The van der Waals surface area contributed by atoms with Crippen LogP contribution in [-0.2, 0) is 19.7 Å². The van der Waals surface area contributed by atoms with E-state index in [1.807, 2.05) is 4.72 Å². The topological polar surface area (TPSA) is 98.5 Å². The maximum Gasteiger partial charge on any atom is 0.307 e. The van der Waals surface area contributed by atoms with Crippen molar-refractivity contribution in [3.8, 4) is 0 Å². The minimum atomic E-state index is -3.69. The van der Waals surface area contributed by atoms with Gasteiger partial charge in [-0.2, -0.15) is 8.42 Å². The van der Waals surface area contributed by atoms with Crippen molar-refractivity contribution in [3.63, 3.8) is 0 Å². The predicted octanol–water partition coefficient (Wildman–Crippen LogP) is -1.27. The molecule has 0 unspecified atom stereocenters. The lowest BCUT2D eigenvalue weighted by atomic mass is 10.4. The van der Waals surface area contributed by atoms with Gasteiger partial charge in [-0.25, -0.2) is 9.86 Å². The van der Waals surface area contributed by atoms with Gasteiger partial charge in [0.15, 0.2) is 0 Å². The van der Waals surface area contributed by atoms with Gasteiger partial charge < -0.3 is 4.74 Å². The highest BCUT2D eigenvalue weighted by Gasteiger charge is 2.04. The van der Waals surface area contributed by atoms with Crippen molar-refractivity contribution in [2.45, 2.75) is 13.3 Å². The fourth-order valence-corrected chi connectivity index (χ4v) is 0.915. The van der Waals surface area contributed by atoms with E-state index in [2.05, 4.69) is 9.88 Å². The van der Waals surface area contributed by atoms with Crippen LogP contribution in [0.15, 0.2) is 0 Å². The Morgan fingerprint density at radius 1 is 1.58 bits per heavy atom. The van der Waals surface area contributed by atoms with Crippen LogP contribution in [0.3, 0.4) is 0 Å². The zero-order valence-corrected chi connectivity index (χ0v) is 7.56. The Balaban J connectivity index is 3.51. The molecule has 0 heterocycles. The SMILES string of the molecule is CCOC(=O)CCNS(N)(=O)=O. The van der Waals surface area contributed by atoms with E-state index in [9.17, 15) is 13.2 Å². The van der Waals surface area contributed by atoms with E-state index in [-0.39, 0.29) is 19.6 Å². The van der Waals surface area contributed by atoms with E-state index in [0.29, 0.717) is 0 Å². The molecule has 0 spiro atoms. The molecule has 7 heteroatoms. The lowest BCUT2D eigenvalue weighted by Crippen LogP contribution is -2.32. The quantitative estimate of drug-likeness (QED) is 0.536. The van der Waals surface area contributed by atoms with Crippen LogP contribution in [0, 0.1) is 0 Å². The lowest BCUT2D eigenvalue weighted by Gasteiger charge is -2.01. The first-order valence-electron chi connectivity index (χ1n) is 3.38. The molecule has 0 aliphatic carbocycles. The average Bonchev–Trinajstić information content (AvgIpc) is 1.84. The van der Waals surface area contributed by atoms with Gasteiger partial charge in [0.2, 0.25) is 0 Å². The van der Waals surface area contributed by atoms with E-state index in [1.165, 1.54) is 0 Å². The van der Waals surface area contributed by atoms with Gasteiger partial charge in [-0.05, 0) is 6.92 Å². The van der Waals surface area contributed by atoms with Crippen molar-refractivity contribution in [2.75, 3.05) is 13.2 Å². The summed E-state index contributed by atoms with van der Waals surface area (Å²) >= 11 is 0. The van der Waals surface area contributed by atoms with Crippen LogP contribution < -0.4 is 9.86 Å². The maximum atomic E-state index is 10.6. The van der Waals surface area contributed by atoms with Gasteiger partial charge in [0.1, 0.15) is 0 Å². The monoisotopic (exact) mass is 196 g/mol. The molecule has 0 aliphatic heterocycles. The summed E-state index contributed by atoms with van der Waals surface area (Å²) in [5, 5.41) is 4.60. The first-order chi connectivity index (χ1) is 5.45. The zero-order chi connectivity index (χ0) is 9.61. The van der Waals surface area contributed by atoms with Crippen molar-refractivity contribution in [1.29, 1.82) is 0 Å². The molecule has 3 N–H and O–H groups in total. The highest BCUT2D eigenvalue weighted by atomic mass is 32.2. The average molecular weight is 196 g/mol. The van der Waals surface area contributed by atoms with E-state index in [1.54, 1.807) is 6.92 Å². The minimum absolute atomic E-state index is 0.00965. The van der Waals surface area contributed by atoms with Crippen LogP contribution in [0.5, 0.6) is 0 Å². The number of nitrogens with one attached hydrogen (secondary N) is 1. The fourth-order valence-electron chi connectivity index (χ4n) is 0.529. The Bertz CT molecular complexity index is 236. The second kappa shape index (κ2) is 5.07. The first kappa shape index (κ1) is 11.3. The molecule has 0 aromatic rings. The van der Waals surface area contributed by atoms with Crippen molar-refractivity contribution in [3.05, 3.63) is 0 Å². The number of ether oxygens (including phenoxy) is 1. The molecule has 0 rings (SSSR count). The smallest absolute Gasteiger partial charge is 0.307 e. The summed E-state index contributed by atoms with van der Waals surface area (Å²) in [4.78, 5) is 10.6. The number of carbonyl (C=O) groups is 1. The molecule has 0 saturated carbocycles. The Morgan fingerprint density at radius 2 is 2.17 bits per heavy atom. The molecule has 6 nitrogen and oxygen atoms in total. The van der Waals surface area contributed by atoms with Crippen LogP contribution >= 0.6 is 0 Å². The number of nitrogens with two attached hydrogens (primary N) is 1. The van der Waals surface area contributed by atoms with Crippen LogP contribution in [0.1, 0.15) is 13.3 Å². The van der Waals surface area contributed by atoms with Crippen molar-refractivity contribution < 1.29 is 17.9 Å². The molecule has 0 aromatic carbocycles. The summed E-state index contributed by atoms with van der Waals surface area (Å²) < 4.78 is 27.1. The largest absolute Gasteiger partial charge is 0.466 e. The number of rotatable bonds is 5. The Kier molecular flexibility index (Phi) is 4.79. The highest BCUT2D eigenvalue weighted by Crippen LogP contribution is 1.84. The number of hydrogen-bond donors (Lipinski definition) is 2. The van der Waals surface area contributed by atoms with Crippen LogP contribution in [0.25, 0.3) is 0 Å². The molecule has 0 saturated heterocycles. The third-order valence-electron chi connectivity index (χ3n) is 0.938. The molecule has 0 fully saturated rings. The molecule has 0 aromatic heterocycles. The molecule has 0 radical (unpaired) electrons. The summed E-state index contributed by atoms with van der Waals surface area (Å²) in [5.74, 6) is -0.450. The normalized spacial score (nSPS) is 11.2. The van der Waals surface area contributed by atoms with E-state index < -0.39 is 16.2 Å². The van der Waals surface area contributed by atoms with Gasteiger partial charge >= 0.3 is 5.97 Å². The predicted molar refractivity (Wildman–Crippen MR) is 42.4 cm³/mol. The van der Waals surface area contributed by atoms with Crippen LogP contribution in [0.2, 0.25) is 0 Å². The number of hydrogen-bond acceptors (Lipinski definition) is 4. The number of carbonyl (C=O) groups excluding carboxylic acids is 1. The second-order valence-electron chi connectivity index (χ2n) is 1.99. The fraction of sp³-hybridized carbons (Fsp3) is 0.800. The maximum absolute atomic E-state index is 10.6. The Labute approximate surface area is 71.3 Å². The second-order valence-corrected chi connectivity index (χ2v) is 3.37. The molecule has 0 bridgehead atoms. The molecule has 12 heavy (non-hydrogen) atoms. The molecular weight excluding hydrogens is 184 g/mol. The summed E-state index contributed by atoms with van der Waals surface area (Å²) in [6.07, 6.45) is -0.00965. The molecular formula is C5H12N2O4S. The third kappa shape index (κ3) is 7.45. The van der Waals surface area contributed by atoms with Gasteiger partial charge in [0, 0.05) is 6.54 Å². The van der Waals surface area contributed by atoms with Gasteiger partial charge in [-0.3, -0.25) is 4.79 Å². The van der Waals surface area contributed by atoms with Crippen molar-refractivity contribution in [2.24, 2.45) is 5.14 Å². The zero-order valence-electron chi connectivity index (χ0n) is 6.74. The third-order valence-corrected chi connectivity index (χ3v) is 1.54. The number of esters is 1. The molecule has 0 amide bonds. The Morgan fingerprint density at radius 3 is 2.58 bits per heavy atom. The van der Waals surface area contributed by atoms with Gasteiger partial charge in [0.25, 0.3) is 10.2 Å². The highest BCUT2D eigenvalue weighted by molar-refractivity contribution is 7.87. The Hall–Kier alpha value is -0.660. The van der Waals surface area contributed by atoms with Crippen molar-refractivity contribution >= 4 is 16.2 Å². The molecule has 72 valence electrons. The molecule has 0 atom stereocenters. The summed E-state index contributed by atoms with van der Waals surface area (Å²) in [7, 11) is -3.69. The van der Waals surface area contributed by atoms with Gasteiger partial charge in [0.05, 0.1) is 13.0 Å². The van der Waals surface area contributed by atoms with Gasteiger partial charge in [-0.15, -0.1) is 0 Å². The minimum Gasteiger partial charge on any atom is -0.466 e. The summed E-state index contributed by atoms with van der Waals surface area (Å²) in [6, 6.07) is 0. The summed E-state index contributed by atoms with van der Waals surface area (Å²) in [5.41, 5.74) is 0. The van der Waals surface area contributed by atoms with E-state index in [0.717, 1.165) is 0 Å². The van der Waals surface area contributed by atoms with Gasteiger partial charge in [-0.1, -0.05) is 0 Å².